The molecule has 6 heteroatoms. The van der Waals surface area contributed by atoms with Crippen molar-refractivity contribution in [2.45, 2.75) is 19.9 Å². The van der Waals surface area contributed by atoms with Crippen molar-refractivity contribution in [2.75, 3.05) is 13.2 Å². The summed E-state index contributed by atoms with van der Waals surface area (Å²) in [4.78, 5) is 25.5. The Hall–Kier alpha value is -3.33. The van der Waals surface area contributed by atoms with Crippen LogP contribution in [0, 0.1) is 11.3 Å². The molecule has 0 aliphatic carbocycles. The number of primary amides is 1. The second-order valence-corrected chi connectivity index (χ2v) is 5.82. The van der Waals surface area contributed by atoms with E-state index in [-0.39, 0.29) is 12.5 Å². The monoisotopic (exact) mass is 351 g/mol. The zero-order chi connectivity index (χ0) is 18.9. The molecular formula is C20H21N3O3. The molecule has 0 fully saturated rings. The zero-order valence-corrected chi connectivity index (χ0v) is 14.6. The van der Waals surface area contributed by atoms with Crippen LogP contribution in [0.3, 0.4) is 0 Å². The van der Waals surface area contributed by atoms with Crippen molar-refractivity contribution in [2.24, 2.45) is 5.73 Å². The van der Waals surface area contributed by atoms with Gasteiger partial charge in [-0.2, -0.15) is 5.26 Å². The van der Waals surface area contributed by atoms with Gasteiger partial charge in [0.1, 0.15) is 5.75 Å². The lowest BCUT2D eigenvalue weighted by Gasteiger charge is -2.22. The summed E-state index contributed by atoms with van der Waals surface area (Å²) in [5.74, 6) is -0.277. The van der Waals surface area contributed by atoms with Crippen LogP contribution in [0.25, 0.3) is 0 Å². The van der Waals surface area contributed by atoms with Crippen LogP contribution >= 0.6 is 0 Å². The smallest absolute Gasteiger partial charge is 0.255 e. The second-order valence-electron chi connectivity index (χ2n) is 5.82. The molecule has 0 atom stereocenters. The summed E-state index contributed by atoms with van der Waals surface area (Å²) in [6.07, 6.45) is 0.819. The minimum absolute atomic E-state index is 0.124. The molecule has 0 heterocycles. The highest BCUT2D eigenvalue weighted by Gasteiger charge is 2.16. The van der Waals surface area contributed by atoms with Crippen LogP contribution < -0.4 is 10.5 Å². The third-order valence-electron chi connectivity index (χ3n) is 3.70. The third kappa shape index (κ3) is 5.35. The number of hydrogen-bond acceptors (Lipinski definition) is 4. The number of amides is 2. The van der Waals surface area contributed by atoms with Crippen molar-refractivity contribution >= 4 is 11.8 Å². The van der Waals surface area contributed by atoms with Crippen LogP contribution in [0.15, 0.2) is 48.5 Å². The highest BCUT2D eigenvalue weighted by molar-refractivity contribution is 5.94. The molecule has 0 aliphatic heterocycles. The standard InChI is InChI=1S/C20H21N3O3/c1-2-10-23(13-16-8-6-15(12-21)7-9-16)20(25)17-4-3-5-18(11-17)26-14-19(22)24/h3-9,11H,2,10,13-14H2,1H3,(H2,22,24). The molecule has 6 nitrogen and oxygen atoms in total. The number of nitrogens with zero attached hydrogens (tertiary/aromatic N) is 2. The van der Waals surface area contributed by atoms with Gasteiger partial charge in [0.05, 0.1) is 11.6 Å². The lowest BCUT2D eigenvalue weighted by atomic mass is 10.1. The highest BCUT2D eigenvalue weighted by Crippen LogP contribution is 2.17. The van der Waals surface area contributed by atoms with E-state index in [1.165, 1.54) is 0 Å². The first kappa shape index (κ1) is 19.0. The van der Waals surface area contributed by atoms with Gasteiger partial charge in [0, 0.05) is 18.7 Å². The Morgan fingerprint density at radius 2 is 1.92 bits per heavy atom. The molecule has 0 saturated carbocycles. The summed E-state index contributed by atoms with van der Waals surface area (Å²) < 4.78 is 5.27. The maximum Gasteiger partial charge on any atom is 0.255 e. The first-order chi connectivity index (χ1) is 12.5. The minimum atomic E-state index is -0.574. The van der Waals surface area contributed by atoms with E-state index in [0.29, 0.717) is 30.0 Å². The van der Waals surface area contributed by atoms with Gasteiger partial charge < -0.3 is 15.4 Å². The number of nitrogens with two attached hydrogens (primary N) is 1. The topological polar surface area (TPSA) is 96.4 Å². The van der Waals surface area contributed by atoms with Gasteiger partial charge in [-0.25, -0.2) is 0 Å². The fourth-order valence-electron chi connectivity index (χ4n) is 2.48. The van der Waals surface area contributed by atoms with E-state index < -0.39 is 5.91 Å². The summed E-state index contributed by atoms with van der Waals surface area (Å²) in [6, 6.07) is 15.9. The molecule has 134 valence electrons. The van der Waals surface area contributed by atoms with Crippen molar-refractivity contribution in [3.63, 3.8) is 0 Å². The Labute approximate surface area is 152 Å². The van der Waals surface area contributed by atoms with E-state index in [9.17, 15) is 9.59 Å². The zero-order valence-electron chi connectivity index (χ0n) is 14.6. The average molecular weight is 351 g/mol. The molecule has 0 aromatic heterocycles. The van der Waals surface area contributed by atoms with Gasteiger partial charge in [-0.3, -0.25) is 9.59 Å². The molecule has 2 N–H and O–H groups in total. The minimum Gasteiger partial charge on any atom is -0.484 e. The maximum atomic E-state index is 12.9. The fourth-order valence-corrected chi connectivity index (χ4v) is 2.48. The van der Waals surface area contributed by atoms with Gasteiger partial charge >= 0.3 is 0 Å². The molecule has 2 amide bonds. The molecule has 0 spiro atoms. The van der Waals surface area contributed by atoms with Crippen molar-refractivity contribution in [1.82, 2.24) is 4.90 Å². The molecule has 0 unspecified atom stereocenters. The third-order valence-corrected chi connectivity index (χ3v) is 3.70. The van der Waals surface area contributed by atoms with Gasteiger partial charge in [-0.05, 0) is 42.3 Å². The summed E-state index contributed by atoms with van der Waals surface area (Å²) in [5.41, 5.74) is 7.09. The summed E-state index contributed by atoms with van der Waals surface area (Å²) in [6.45, 7) is 2.82. The van der Waals surface area contributed by atoms with Gasteiger partial charge in [-0.15, -0.1) is 0 Å². The molecule has 0 radical (unpaired) electrons. The predicted molar refractivity (Wildman–Crippen MR) is 97.3 cm³/mol. The fraction of sp³-hybridized carbons (Fsp3) is 0.250. The number of rotatable bonds is 8. The van der Waals surface area contributed by atoms with Crippen molar-refractivity contribution in [3.05, 3.63) is 65.2 Å². The van der Waals surface area contributed by atoms with E-state index in [1.807, 2.05) is 19.1 Å². The van der Waals surface area contributed by atoms with Gasteiger partial charge in [0.25, 0.3) is 11.8 Å². The molecular weight excluding hydrogens is 330 g/mol. The van der Waals surface area contributed by atoms with E-state index in [4.69, 9.17) is 15.7 Å². The van der Waals surface area contributed by atoms with E-state index in [2.05, 4.69) is 6.07 Å². The van der Waals surface area contributed by atoms with Crippen LogP contribution in [-0.4, -0.2) is 29.9 Å². The number of carbonyl (C=O) groups excluding carboxylic acids is 2. The Balaban J connectivity index is 2.15. The molecule has 0 saturated heterocycles. The lowest BCUT2D eigenvalue weighted by Crippen LogP contribution is -2.31. The molecule has 2 aromatic rings. The van der Waals surface area contributed by atoms with Gasteiger partial charge in [0.2, 0.25) is 0 Å². The van der Waals surface area contributed by atoms with Gasteiger partial charge in [-0.1, -0.05) is 25.1 Å². The summed E-state index contributed by atoms with van der Waals surface area (Å²) in [7, 11) is 0. The molecule has 26 heavy (non-hydrogen) atoms. The quantitative estimate of drug-likeness (QED) is 0.790. The normalized spacial score (nSPS) is 10.0. The lowest BCUT2D eigenvalue weighted by molar-refractivity contribution is -0.119. The maximum absolute atomic E-state index is 12.9. The second kappa shape index (κ2) is 9.23. The van der Waals surface area contributed by atoms with Crippen LogP contribution in [-0.2, 0) is 11.3 Å². The highest BCUT2D eigenvalue weighted by atomic mass is 16.5. The van der Waals surface area contributed by atoms with E-state index in [0.717, 1.165) is 12.0 Å². The molecule has 2 aromatic carbocycles. The predicted octanol–water partition coefficient (Wildman–Crippen LogP) is 2.47. The van der Waals surface area contributed by atoms with Crippen LogP contribution in [0.1, 0.15) is 34.8 Å². The largest absolute Gasteiger partial charge is 0.484 e. The SMILES string of the molecule is CCCN(Cc1ccc(C#N)cc1)C(=O)c1cccc(OCC(N)=O)c1. The number of nitriles is 1. The average Bonchev–Trinajstić information content (AvgIpc) is 2.66. The Morgan fingerprint density at radius 1 is 1.19 bits per heavy atom. The van der Waals surface area contributed by atoms with Gasteiger partial charge in [0.15, 0.2) is 6.61 Å². The van der Waals surface area contributed by atoms with Crippen LogP contribution in [0.5, 0.6) is 5.75 Å². The first-order valence-electron chi connectivity index (χ1n) is 8.33. The van der Waals surface area contributed by atoms with Crippen molar-refractivity contribution in [1.29, 1.82) is 5.26 Å². The molecule has 0 bridgehead atoms. The van der Waals surface area contributed by atoms with E-state index >= 15 is 0 Å². The summed E-state index contributed by atoms with van der Waals surface area (Å²) >= 11 is 0. The Bertz CT molecular complexity index is 810. The van der Waals surface area contributed by atoms with Crippen molar-refractivity contribution in [3.8, 4) is 11.8 Å². The Morgan fingerprint density at radius 3 is 2.54 bits per heavy atom. The van der Waals surface area contributed by atoms with Crippen LogP contribution in [0.2, 0.25) is 0 Å². The summed E-state index contributed by atoms with van der Waals surface area (Å²) in [5, 5.41) is 8.88. The number of hydrogen-bond donors (Lipinski definition) is 1. The first-order valence-corrected chi connectivity index (χ1v) is 8.33. The molecule has 0 aliphatic rings. The number of benzene rings is 2. The number of ether oxygens (including phenoxy) is 1. The van der Waals surface area contributed by atoms with E-state index in [1.54, 1.807) is 41.3 Å². The molecule has 2 rings (SSSR count). The Kier molecular flexibility index (Phi) is 6.75. The van der Waals surface area contributed by atoms with Crippen LogP contribution in [0.4, 0.5) is 0 Å². The van der Waals surface area contributed by atoms with Crippen molar-refractivity contribution < 1.29 is 14.3 Å². The number of carbonyl (C=O) groups is 2.